The van der Waals surface area contributed by atoms with Crippen LogP contribution < -0.4 is 15.2 Å². The van der Waals surface area contributed by atoms with Gasteiger partial charge >= 0.3 is 12.3 Å². The Balaban J connectivity index is 0.000000772. The van der Waals surface area contributed by atoms with Crippen molar-refractivity contribution in [3.63, 3.8) is 0 Å². The summed E-state index contributed by atoms with van der Waals surface area (Å²) in [6, 6.07) is 13.1. The predicted octanol–water partition coefficient (Wildman–Crippen LogP) is 8.24. The molecule has 0 unspecified atom stereocenters. The zero-order chi connectivity index (χ0) is 34.7. The van der Waals surface area contributed by atoms with Crippen LogP contribution >= 0.6 is 23.2 Å². The lowest BCUT2D eigenvalue weighted by atomic mass is 9.79. The molecular formula is C33H46Cl2N2O7. The summed E-state index contributed by atoms with van der Waals surface area (Å²) < 4.78 is 19.3. The highest BCUT2D eigenvalue weighted by Crippen LogP contribution is 2.37. The molecule has 2 aromatic carbocycles. The van der Waals surface area contributed by atoms with E-state index in [1.54, 1.807) is 39.8 Å². The Morgan fingerprint density at radius 1 is 0.727 bits per heavy atom. The fourth-order valence-corrected chi connectivity index (χ4v) is 3.60. The van der Waals surface area contributed by atoms with Crippen LogP contribution in [0.2, 0.25) is 0 Å². The van der Waals surface area contributed by atoms with Crippen LogP contribution in [0.4, 0.5) is 9.59 Å². The standard InChI is InChI=1S/C16H23NO4.C16H21NO3.CH2Cl2/c1-15(2,3)10-7-8-12(21-14(19)20-6)11(9-10)16(4,5)13(17)18;1-15(2,3)11-7-8-13(20-14(18)19-6)12(9-11)16(4,5)10-17;2-1-3/h7-9H,1-6H3,(H2,17,18);7-9H,1-6H3;1H2. The number of carbonyl (C=O) groups is 3. The number of hydrogen-bond acceptors (Lipinski definition) is 8. The summed E-state index contributed by atoms with van der Waals surface area (Å²) in [5, 5.41) is 9.53. The number of carbonyl (C=O) groups excluding carboxylic acids is 3. The van der Waals surface area contributed by atoms with Gasteiger partial charge in [0.05, 0.1) is 36.5 Å². The van der Waals surface area contributed by atoms with E-state index < -0.39 is 29.0 Å². The van der Waals surface area contributed by atoms with Gasteiger partial charge in [-0.05, 0) is 67.9 Å². The van der Waals surface area contributed by atoms with E-state index in [-0.39, 0.29) is 21.9 Å². The van der Waals surface area contributed by atoms with Gasteiger partial charge in [0.25, 0.3) is 0 Å². The molecule has 0 atom stereocenters. The highest BCUT2D eigenvalue weighted by Gasteiger charge is 2.33. The molecule has 0 aliphatic rings. The van der Waals surface area contributed by atoms with Crippen molar-refractivity contribution in [3.05, 3.63) is 58.7 Å². The SMILES string of the molecule is COC(=O)Oc1ccc(C(C)(C)C)cc1C(C)(C)C#N.COC(=O)Oc1ccc(C(C)(C)C)cc1C(C)(C)C(N)=O.ClCCl. The lowest BCUT2D eigenvalue weighted by Crippen LogP contribution is -2.36. The monoisotopic (exact) mass is 652 g/mol. The minimum Gasteiger partial charge on any atom is -0.437 e. The first-order valence-corrected chi connectivity index (χ1v) is 14.7. The second-order valence-corrected chi connectivity index (χ2v) is 13.7. The van der Waals surface area contributed by atoms with Crippen LogP contribution in [-0.2, 0) is 35.9 Å². The largest absolute Gasteiger partial charge is 0.513 e. The average Bonchev–Trinajstić information content (AvgIpc) is 2.92. The first-order chi connectivity index (χ1) is 20.0. The van der Waals surface area contributed by atoms with Gasteiger partial charge in [-0.1, -0.05) is 59.7 Å². The zero-order valence-corrected chi connectivity index (χ0v) is 29.3. The number of rotatable bonds is 5. The molecule has 9 nitrogen and oxygen atoms in total. The lowest BCUT2D eigenvalue weighted by molar-refractivity contribution is -0.122. The molecule has 44 heavy (non-hydrogen) atoms. The quantitative estimate of drug-likeness (QED) is 0.193. The van der Waals surface area contributed by atoms with Crippen molar-refractivity contribution in [1.82, 2.24) is 0 Å². The van der Waals surface area contributed by atoms with Gasteiger partial charge in [-0.15, -0.1) is 23.2 Å². The van der Waals surface area contributed by atoms with Gasteiger partial charge in [-0.2, -0.15) is 5.26 Å². The van der Waals surface area contributed by atoms with Crippen molar-refractivity contribution in [2.75, 3.05) is 19.6 Å². The van der Waals surface area contributed by atoms with Crippen LogP contribution in [0.1, 0.15) is 91.5 Å². The number of primary amides is 1. The van der Waals surface area contributed by atoms with Gasteiger partial charge in [-0.25, -0.2) is 9.59 Å². The first-order valence-electron chi connectivity index (χ1n) is 13.7. The summed E-state index contributed by atoms with van der Waals surface area (Å²) in [5.41, 5.74) is 6.94. The molecule has 0 heterocycles. The molecule has 0 saturated carbocycles. The number of alkyl halides is 2. The molecule has 0 aliphatic carbocycles. The number of halogens is 2. The second kappa shape index (κ2) is 16.6. The molecule has 0 aromatic heterocycles. The maximum Gasteiger partial charge on any atom is 0.513 e. The highest BCUT2D eigenvalue weighted by molar-refractivity contribution is 6.40. The summed E-state index contributed by atoms with van der Waals surface area (Å²) >= 11 is 9.53. The fourth-order valence-electron chi connectivity index (χ4n) is 3.60. The van der Waals surface area contributed by atoms with E-state index >= 15 is 0 Å². The number of hydrogen-bond donors (Lipinski definition) is 1. The van der Waals surface area contributed by atoms with Crippen molar-refractivity contribution in [2.45, 2.75) is 90.9 Å². The third kappa shape index (κ3) is 11.9. The third-order valence-electron chi connectivity index (χ3n) is 6.65. The van der Waals surface area contributed by atoms with Gasteiger partial charge in [0.1, 0.15) is 11.5 Å². The zero-order valence-electron chi connectivity index (χ0n) is 27.8. The second-order valence-electron chi connectivity index (χ2n) is 12.9. The summed E-state index contributed by atoms with van der Waals surface area (Å²) in [6.45, 7) is 19.4. The summed E-state index contributed by atoms with van der Waals surface area (Å²) in [6.07, 6.45) is -1.62. The molecule has 0 spiro atoms. The Morgan fingerprint density at radius 2 is 1.07 bits per heavy atom. The molecule has 0 saturated heterocycles. The molecule has 0 radical (unpaired) electrons. The van der Waals surface area contributed by atoms with Gasteiger partial charge < -0.3 is 24.7 Å². The number of benzene rings is 2. The fraction of sp³-hybridized carbons (Fsp3) is 0.515. The first kappa shape index (κ1) is 40.5. The topological polar surface area (TPSA) is 138 Å². The van der Waals surface area contributed by atoms with Gasteiger partial charge in [0.15, 0.2) is 0 Å². The van der Waals surface area contributed by atoms with Crippen LogP contribution in [0, 0.1) is 11.3 Å². The molecule has 2 N–H and O–H groups in total. The van der Waals surface area contributed by atoms with Crippen molar-refractivity contribution < 1.29 is 33.3 Å². The Bertz CT molecular complexity index is 1340. The van der Waals surface area contributed by atoms with Crippen LogP contribution in [0.5, 0.6) is 11.5 Å². The highest BCUT2D eigenvalue weighted by atomic mass is 35.5. The smallest absolute Gasteiger partial charge is 0.437 e. The summed E-state index contributed by atoms with van der Waals surface area (Å²) in [4.78, 5) is 34.4. The molecule has 0 fully saturated rings. The van der Waals surface area contributed by atoms with E-state index in [9.17, 15) is 19.6 Å². The molecule has 244 valence electrons. The van der Waals surface area contributed by atoms with E-state index in [2.05, 4.69) is 57.1 Å². The summed E-state index contributed by atoms with van der Waals surface area (Å²) in [7, 11) is 2.48. The molecule has 0 bridgehead atoms. The Kier molecular flexibility index (Phi) is 15.2. The Morgan fingerprint density at radius 3 is 1.36 bits per heavy atom. The Labute approximate surface area is 271 Å². The number of methoxy groups -OCH3 is 2. The number of nitrogens with zero attached hydrogens (tertiary/aromatic N) is 1. The normalized spacial score (nSPS) is 11.4. The van der Waals surface area contributed by atoms with Crippen molar-refractivity contribution in [2.24, 2.45) is 5.73 Å². The van der Waals surface area contributed by atoms with E-state index in [1.807, 2.05) is 24.3 Å². The predicted molar refractivity (Wildman–Crippen MR) is 174 cm³/mol. The average molecular weight is 654 g/mol. The molecule has 11 heteroatoms. The molecule has 2 aromatic rings. The Hall–Kier alpha value is -3.48. The molecule has 2 rings (SSSR count). The molecule has 1 amide bonds. The van der Waals surface area contributed by atoms with Crippen LogP contribution in [0.25, 0.3) is 0 Å². The molecular weight excluding hydrogens is 607 g/mol. The van der Waals surface area contributed by atoms with E-state index in [4.69, 9.17) is 38.4 Å². The van der Waals surface area contributed by atoms with E-state index in [0.29, 0.717) is 16.9 Å². The number of nitriles is 1. The maximum absolute atomic E-state index is 11.7. The summed E-state index contributed by atoms with van der Waals surface area (Å²) in [5.74, 6) is 0.137. The minimum absolute atomic E-state index is 0.0515. The lowest BCUT2D eigenvalue weighted by Gasteiger charge is -2.27. The van der Waals surface area contributed by atoms with Crippen LogP contribution in [-0.4, -0.2) is 37.8 Å². The molecule has 0 aliphatic heterocycles. The van der Waals surface area contributed by atoms with E-state index in [0.717, 1.165) is 11.1 Å². The number of nitrogens with two attached hydrogens (primary N) is 1. The van der Waals surface area contributed by atoms with Crippen molar-refractivity contribution in [1.29, 1.82) is 5.26 Å². The van der Waals surface area contributed by atoms with Crippen molar-refractivity contribution in [3.8, 4) is 17.6 Å². The number of ether oxygens (including phenoxy) is 4. The van der Waals surface area contributed by atoms with Crippen molar-refractivity contribution >= 4 is 41.4 Å². The van der Waals surface area contributed by atoms with Crippen LogP contribution in [0.15, 0.2) is 36.4 Å². The number of amides is 1. The van der Waals surface area contributed by atoms with Gasteiger partial charge in [0.2, 0.25) is 5.91 Å². The van der Waals surface area contributed by atoms with Gasteiger partial charge in [0, 0.05) is 11.1 Å². The van der Waals surface area contributed by atoms with E-state index in [1.165, 1.54) is 14.2 Å². The maximum atomic E-state index is 11.7. The van der Waals surface area contributed by atoms with Crippen LogP contribution in [0.3, 0.4) is 0 Å². The third-order valence-corrected chi connectivity index (χ3v) is 6.65. The van der Waals surface area contributed by atoms with Gasteiger partial charge in [-0.3, -0.25) is 4.79 Å². The minimum atomic E-state index is -0.968.